The van der Waals surface area contributed by atoms with Crippen molar-refractivity contribution in [2.75, 3.05) is 7.11 Å². The van der Waals surface area contributed by atoms with E-state index in [1.165, 1.54) is 13.2 Å². The van der Waals surface area contributed by atoms with Crippen LogP contribution in [0.3, 0.4) is 0 Å². The molecular weight excluding hydrogens is 613 g/mol. The summed E-state index contributed by atoms with van der Waals surface area (Å²) in [5, 5.41) is 0. The summed E-state index contributed by atoms with van der Waals surface area (Å²) in [6.45, 7) is 13.1. The maximum atomic E-state index is 14.6. The first kappa shape index (κ1) is 33.9. The number of rotatable bonds is 3. The Morgan fingerprint density at radius 3 is 2.13 bits per heavy atom. The van der Waals surface area contributed by atoms with Gasteiger partial charge in [0.25, 0.3) is 0 Å². The molecule has 0 radical (unpaired) electrons. The number of methoxy groups -OCH3 is 1. The molecule has 8 nitrogen and oxygen atoms in total. The predicted molar refractivity (Wildman–Crippen MR) is 156 cm³/mol. The minimum absolute atomic E-state index is 0.132. The highest BCUT2D eigenvalue weighted by Gasteiger charge is 2.72. The first-order valence-electron chi connectivity index (χ1n) is 15.5. The van der Waals surface area contributed by atoms with Crippen LogP contribution in [0.1, 0.15) is 93.4 Å². The summed E-state index contributed by atoms with van der Waals surface area (Å²) in [6, 6.07) is 0. The van der Waals surface area contributed by atoms with E-state index in [1.54, 1.807) is 20.8 Å². The molecule has 0 aromatic rings. The number of allylic oxidation sites excluding steroid dienone is 3. The zero-order valence-electron chi connectivity index (χ0n) is 27.1. The van der Waals surface area contributed by atoms with Gasteiger partial charge in [-0.2, -0.15) is 21.6 Å². The van der Waals surface area contributed by atoms with Gasteiger partial charge in [-0.25, -0.2) is 0 Å². The first-order chi connectivity index (χ1) is 20.4. The predicted octanol–water partition coefficient (Wildman–Crippen LogP) is 6.25. The van der Waals surface area contributed by atoms with Crippen molar-refractivity contribution in [1.29, 1.82) is 0 Å². The SMILES string of the molecule is COC(=O)[C@]12CCC(C)(C)C[C@H]1[C@H]1C(=O)C=C3[C@@]4(C)/C(=C/OS(=O)(=O)C(F)(F)F)C(=O)C(=O)C(C)(C)[C@@H]4CC[C@@]3(C)[C@]1(C)CC2. The van der Waals surface area contributed by atoms with Gasteiger partial charge in [0.15, 0.2) is 5.78 Å². The van der Waals surface area contributed by atoms with Crippen molar-refractivity contribution in [3.8, 4) is 0 Å². The average Bonchev–Trinajstić information content (AvgIpc) is 2.91. The molecule has 0 aromatic carbocycles. The number of ether oxygens (including phenoxy) is 1. The van der Waals surface area contributed by atoms with Crippen molar-refractivity contribution in [2.45, 2.75) is 98.9 Å². The van der Waals surface area contributed by atoms with E-state index in [2.05, 4.69) is 18.0 Å². The molecule has 0 aliphatic heterocycles. The second-order valence-electron chi connectivity index (χ2n) is 16.0. The maximum absolute atomic E-state index is 14.6. The van der Waals surface area contributed by atoms with Crippen LogP contribution in [0.15, 0.2) is 23.5 Å². The van der Waals surface area contributed by atoms with Gasteiger partial charge in [-0.3, -0.25) is 19.2 Å². The van der Waals surface area contributed by atoms with Crippen LogP contribution in [0.5, 0.6) is 0 Å². The van der Waals surface area contributed by atoms with E-state index < -0.39 is 71.7 Å². The van der Waals surface area contributed by atoms with Gasteiger partial charge >= 0.3 is 21.6 Å². The zero-order valence-corrected chi connectivity index (χ0v) is 28.0. The molecule has 250 valence electrons. The smallest absolute Gasteiger partial charge is 0.469 e. The van der Waals surface area contributed by atoms with Crippen molar-refractivity contribution < 1.29 is 49.7 Å². The summed E-state index contributed by atoms with van der Waals surface area (Å²) >= 11 is 0. The molecule has 0 bridgehead atoms. The molecule has 0 heterocycles. The van der Waals surface area contributed by atoms with E-state index in [-0.39, 0.29) is 29.3 Å². The van der Waals surface area contributed by atoms with Gasteiger partial charge in [-0.15, -0.1) is 0 Å². The maximum Gasteiger partial charge on any atom is 0.534 e. The minimum Gasteiger partial charge on any atom is -0.469 e. The third kappa shape index (κ3) is 4.31. The van der Waals surface area contributed by atoms with E-state index in [0.717, 1.165) is 6.42 Å². The summed E-state index contributed by atoms with van der Waals surface area (Å²) in [6.07, 6.45) is 5.64. The standard InChI is InChI=1S/C33H43F3O8S/c1-27(2)11-13-32(26(40)43-8)14-12-30(6)23(18(32)16-27)20(37)15-22-29(30,5)10-9-21-28(3,4)25(39)24(38)19(31(21,22)7)17-44-45(41,42)33(34,35)36/h15,17-18,21,23H,9-14,16H2,1-8H3/b19-17+/t18-,21-,23-,29+,30+,31-,32-/m0/s1. The fourth-order valence-corrected chi connectivity index (χ4v) is 10.8. The number of fused-ring (bicyclic) bond motifs is 7. The summed E-state index contributed by atoms with van der Waals surface area (Å²) in [5.41, 5.74) is -11.0. The summed E-state index contributed by atoms with van der Waals surface area (Å²) < 4.78 is 73.2. The normalized spacial score (nSPS) is 41.7. The van der Waals surface area contributed by atoms with Crippen LogP contribution in [-0.4, -0.2) is 44.4 Å². The number of hydrogen-bond donors (Lipinski definition) is 0. The van der Waals surface area contributed by atoms with E-state index in [4.69, 9.17) is 4.74 Å². The molecule has 0 spiro atoms. The quantitative estimate of drug-likeness (QED) is 0.0874. The topological polar surface area (TPSA) is 121 Å². The Kier molecular flexibility index (Phi) is 7.34. The number of Topliss-reactive ketones (excluding diaryl/α,β-unsaturated/α-hetero) is 2. The molecule has 0 amide bonds. The minimum atomic E-state index is -6.13. The molecule has 0 saturated heterocycles. The molecule has 7 atom stereocenters. The fourth-order valence-electron chi connectivity index (χ4n) is 10.5. The molecular formula is C33H43F3O8S. The van der Waals surface area contributed by atoms with Gasteiger partial charge in [0.05, 0.1) is 12.5 Å². The Labute approximate surface area is 262 Å². The average molecular weight is 657 g/mol. The number of esters is 1. The van der Waals surface area contributed by atoms with Gasteiger partial charge in [0.1, 0.15) is 6.26 Å². The Bertz CT molecular complexity index is 1550. The fraction of sp³-hybridized carbons (Fsp3) is 0.758. The molecule has 4 fully saturated rings. The van der Waals surface area contributed by atoms with Gasteiger partial charge in [-0.05, 0) is 84.7 Å². The highest BCUT2D eigenvalue weighted by molar-refractivity contribution is 7.87. The second-order valence-corrected chi connectivity index (χ2v) is 17.6. The summed E-state index contributed by atoms with van der Waals surface area (Å²) in [4.78, 5) is 55.0. The third-order valence-electron chi connectivity index (χ3n) is 13.2. The monoisotopic (exact) mass is 656 g/mol. The largest absolute Gasteiger partial charge is 0.534 e. The van der Waals surface area contributed by atoms with E-state index in [9.17, 15) is 40.8 Å². The van der Waals surface area contributed by atoms with Crippen LogP contribution < -0.4 is 0 Å². The van der Waals surface area contributed by atoms with Crippen LogP contribution in [0, 0.1) is 50.2 Å². The number of alkyl halides is 3. The van der Waals surface area contributed by atoms with Crippen molar-refractivity contribution in [3.63, 3.8) is 0 Å². The van der Waals surface area contributed by atoms with E-state index in [0.29, 0.717) is 44.1 Å². The Balaban J connectivity index is 1.73. The first-order valence-corrected chi connectivity index (χ1v) is 16.9. The van der Waals surface area contributed by atoms with Crippen LogP contribution in [0.25, 0.3) is 0 Å². The number of ketones is 3. The van der Waals surface area contributed by atoms with Crippen molar-refractivity contribution >= 4 is 33.4 Å². The second kappa shape index (κ2) is 9.76. The lowest BCUT2D eigenvalue weighted by Gasteiger charge is -2.69. The van der Waals surface area contributed by atoms with Gasteiger partial charge in [-0.1, -0.05) is 48.5 Å². The molecule has 12 heteroatoms. The van der Waals surface area contributed by atoms with Crippen LogP contribution in [0.2, 0.25) is 0 Å². The summed E-state index contributed by atoms with van der Waals surface area (Å²) in [7, 11) is -4.76. The van der Waals surface area contributed by atoms with Crippen molar-refractivity contribution in [3.05, 3.63) is 23.5 Å². The Morgan fingerprint density at radius 1 is 0.956 bits per heavy atom. The van der Waals surface area contributed by atoms with Gasteiger partial charge in [0, 0.05) is 22.3 Å². The highest BCUT2D eigenvalue weighted by Crippen LogP contribution is 2.75. The third-order valence-corrected chi connectivity index (χ3v) is 14.1. The zero-order chi connectivity index (χ0) is 34.0. The molecule has 45 heavy (non-hydrogen) atoms. The number of carbonyl (C=O) groups excluding carboxylic acids is 4. The van der Waals surface area contributed by atoms with Crippen molar-refractivity contribution in [2.24, 2.45) is 50.2 Å². The van der Waals surface area contributed by atoms with Crippen LogP contribution in [-0.2, 0) is 38.2 Å². The molecule has 0 N–H and O–H groups in total. The highest BCUT2D eigenvalue weighted by atomic mass is 32.2. The number of carbonyl (C=O) groups is 4. The molecule has 5 rings (SSSR count). The molecule has 4 saturated carbocycles. The lowest BCUT2D eigenvalue weighted by molar-refractivity contribution is -0.191. The molecule has 0 unspecified atom stereocenters. The van der Waals surface area contributed by atoms with Gasteiger partial charge in [0.2, 0.25) is 11.6 Å². The molecule has 5 aliphatic carbocycles. The Morgan fingerprint density at radius 2 is 1.56 bits per heavy atom. The lowest BCUT2D eigenvalue weighted by Crippen LogP contribution is -2.67. The van der Waals surface area contributed by atoms with E-state index >= 15 is 0 Å². The van der Waals surface area contributed by atoms with E-state index in [1.807, 2.05) is 13.8 Å². The molecule has 0 aromatic heterocycles. The number of hydrogen-bond acceptors (Lipinski definition) is 8. The Hall–Kier alpha value is -2.50. The summed E-state index contributed by atoms with van der Waals surface area (Å²) in [5.74, 6) is -4.08. The number of halogens is 3. The molecule has 5 aliphatic rings. The van der Waals surface area contributed by atoms with Crippen LogP contribution in [0.4, 0.5) is 13.2 Å². The van der Waals surface area contributed by atoms with Crippen molar-refractivity contribution in [1.82, 2.24) is 0 Å². The lowest BCUT2D eigenvalue weighted by atomic mass is 9.33. The van der Waals surface area contributed by atoms with Crippen LogP contribution >= 0.6 is 0 Å². The van der Waals surface area contributed by atoms with Gasteiger partial charge < -0.3 is 8.92 Å².